The van der Waals surface area contributed by atoms with Gasteiger partial charge in [0.2, 0.25) is 11.8 Å². The van der Waals surface area contributed by atoms with Crippen LogP contribution in [0.2, 0.25) is 0 Å². The second kappa shape index (κ2) is 11.2. The highest BCUT2D eigenvalue weighted by Crippen LogP contribution is 2.32. The number of carbonyl (C=O) groups excluding carboxylic acids is 2. The monoisotopic (exact) mass is 497 g/mol. The van der Waals surface area contributed by atoms with Gasteiger partial charge in [0.15, 0.2) is 17.3 Å². The number of amides is 2. The minimum Gasteiger partial charge on any atom is -0.486 e. The van der Waals surface area contributed by atoms with E-state index in [9.17, 15) is 9.59 Å². The normalized spacial score (nSPS) is 18.3. The minimum atomic E-state index is -0.127. The lowest BCUT2D eigenvalue weighted by Gasteiger charge is -2.35. The smallest absolute Gasteiger partial charge is 0.234 e. The molecule has 0 spiro atoms. The Hall–Kier alpha value is -3.01. The summed E-state index contributed by atoms with van der Waals surface area (Å²) in [4.78, 5) is 29.4. The molecule has 1 aromatic carbocycles. The number of nitrogens with zero attached hydrogens (tertiary/aromatic N) is 4. The summed E-state index contributed by atoms with van der Waals surface area (Å²) in [5.41, 5.74) is 0.670. The number of piperidine rings is 2. The van der Waals surface area contributed by atoms with Gasteiger partial charge in [0, 0.05) is 43.9 Å². The molecule has 10 heteroatoms. The Balaban J connectivity index is 1.07. The quantitative estimate of drug-likeness (QED) is 0.608. The van der Waals surface area contributed by atoms with Crippen LogP contribution < -0.4 is 19.7 Å². The van der Waals surface area contributed by atoms with E-state index < -0.39 is 0 Å². The highest BCUT2D eigenvalue weighted by molar-refractivity contribution is 7.99. The van der Waals surface area contributed by atoms with Gasteiger partial charge in [-0.15, -0.1) is 10.2 Å². The lowest BCUT2D eigenvalue weighted by atomic mass is 9.94. The molecular formula is C25H31N5O4S. The lowest BCUT2D eigenvalue weighted by Crippen LogP contribution is -2.44. The third-order valence-corrected chi connectivity index (χ3v) is 7.56. The van der Waals surface area contributed by atoms with Crippen molar-refractivity contribution in [3.05, 3.63) is 30.3 Å². The van der Waals surface area contributed by atoms with E-state index in [1.54, 1.807) is 18.2 Å². The molecule has 4 heterocycles. The van der Waals surface area contributed by atoms with Crippen molar-refractivity contribution < 1.29 is 19.1 Å². The highest BCUT2D eigenvalue weighted by Gasteiger charge is 2.29. The molecule has 2 fully saturated rings. The minimum absolute atomic E-state index is 0.125. The molecule has 0 saturated carbocycles. The van der Waals surface area contributed by atoms with Crippen LogP contribution >= 0.6 is 11.8 Å². The summed E-state index contributed by atoms with van der Waals surface area (Å²) in [6.45, 7) is 4.49. The molecule has 0 aliphatic carbocycles. The Kier molecular flexibility index (Phi) is 7.56. The number of rotatable bonds is 6. The van der Waals surface area contributed by atoms with Crippen LogP contribution in [0.25, 0.3) is 0 Å². The maximum atomic E-state index is 12.8. The number of hydrogen-bond donors (Lipinski definition) is 1. The zero-order valence-electron chi connectivity index (χ0n) is 19.8. The Bertz CT molecular complexity index is 1040. The zero-order chi connectivity index (χ0) is 24.0. The number of aromatic nitrogens is 2. The van der Waals surface area contributed by atoms with Crippen molar-refractivity contribution in [2.45, 2.75) is 37.1 Å². The molecule has 1 N–H and O–H groups in total. The van der Waals surface area contributed by atoms with Crippen molar-refractivity contribution in [3.8, 4) is 11.5 Å². The predicted octanol–water partition coefficient (Wildman–Crippen LogP) is 3.21. The summed E-state index contributed by atoms with van der Waals surface area (Å²) in [6, 6.07) is 9.22. The Morgan fingerprint density at radius 1 is 0.943 bits per heavy atom. The van der Waals surface area contributed by atoms with E-state index in [1.165, 1.54) is 18.2 Å². The molecule has 0 unspecified atom stereocenters. The van der Waals surface area contributed by atoms with Crippen molar-refractivity contribution >= 4 is 35.1 Å². The van der Waals surface area contributed by atoms with Crippen LogP contribution in [0.3, 0.4) is 0 Å². The molecule has 5 rings (SSSR count). The van der Waals surface area contributed by atoms with Crippen LogP contribution in [-0.4, -0.2) is 72.1 Å². The average Bonchev–Trinajstić information content (AvgIpc) is 2.92. The number of fused-ring (bicyclic) bond motifs is 1. The van der Waals surface area contributed by atoms with Crippen molar-refractivity contribution in [2.24, 2.45) is 5.92 Å². The fraction of sp³-hybridized carbons (Fsp3) is 0.520. The van der Waals surface area contributed by atoms with Crippen LogP contribution in [0.5, 0.6) is 11.5 Å². The summed E-state index contributed by atoms with van der Waals surface area (Å²) in [7, 11) is 0. The Labute approximate surface area is 209 Å². The van der Waals surface area contributed by atoms with Crippen LogP contribution in [0.1, 0.15) is 32.1 Å². The first-order valence-electron chi connectivity index (χ1n) is 12.4. The largest absolute Gasteiger partial charge is 0.486 e. The topological polar surface area (TPSA) is 96.9 Å². The van der Waals surface area contributed by atoms with Gasteiger partial charge < -0.3 is 24.6 Å². The number of ether oxygens (including phenoxy) is 2. The number of anilines is 2. The zero-order valence-corrected chi connectivity index (χ0v) is 20.6. The molecule has 0 atom stereocenters. The van der Waals surface area contributed by atoms with E-state index >= 15 is 0 Å². The molecule has 186 valence electrons. The highest BCUT2D eigenvalue weighted by atomic mass is 32.2. The summed E-state index contributed by atoms with van der Waals surface area (Å²) < 4.78 is 11.1. The van der Waals surface area contributed by atoms with Gasteiger partial charge >= 0.3 is 0 Å². The van der Waals surface area contributed by atoms with Crippen molar-refractivity contribution in [2.75, 3.05) is 55.4 Å². The van der Waals surface area contributed by atoms with Crippen molar-refractivity contribution in [1.82, 2.24) is 15.1 Å². The van der Waals surface area contributed by atoms with Gasteiger partial charge in [-0.1, -0.05) is 11.8 Å². The molecule has 2 saturated heterocycles. The van der Waals surface area contributed by atoms with E-state index in [-0.39, 0.29) is 17.6 Å². The predicted molar refractivity (Wildman–Crippen MR) is 134 cm³/mol. The third kappa shape index (κ3) is 5.98. The van der Waals surface area contributed by atoms with E-state index in [2.05, 4.69) is 25.3 Å². The first-order valence-corrected chi connectivity index (χ1v) is 13.3. The van der Waals surface area contributed by atoms with Crippen LogP contribution in [0.4, 0.5) is 11.5 Å². The van der Waals surface area contributed by atoms with Gasteiger partial charge in [-0.05, 0) is 56.4 Å². The lowest BCUT2D eigenvalue weighted by molar-refractivity contribution is -0.137. The molecule has 2 aromatic rings. The number of thioether (sulfide) groups is 1. The molecule has 0 bridgehead atoms. The van der Waals surface area contributed by atoms with E-state index in [0.717, 1.165) is 57.7 Å². The van der Waals surface area contributed by atoms with Gasteiger partial charge in [-0.25, -0.2) is 0 Å². The Morgan fingerprint density at radius 3 is 2.46 bits per heavy atom. The molecular weight excluding hydrogens is 466 g/mol. The maximum absolute atomic E-state index is 12.8. The van der Waals surface area contributed by atoms with Gasteiger partial charge in [-0.2, -0.15) is 0 Å². The second-order valence-electron chi connectivity index (χ2n) is 9.07. The number of benzene rings is 1. The molecule has 0 radical (unpaired) electrons. The third-order valence-electron chi connectivity index (χ3n) is 6.64. The molecule has 1 aromatic heterocycles. The standard InChI is InChI=1S/C25H31N5O4S/c31-23(26-19-4-5-20-21(16-19)34-15-14-33-20)17-35-24-7-6-22(27-28-24)29-12-8-18(9-13-29)25(32)30-10-2-1-3-11-30/h4-7,16,18H,1-3,8-15,17H2,(H,26,31). The molecule has 3 aliphatic heterocycles. The fourth-order valence-electron chi connectivity index (χ4n) is 4.74. The van der Waals surface area contributed by atoms with Crippen molar-refractivity contribution in [1.29, 1.82) is 0 Å². The number of carbonyl (C=O) groups is 2. The van der Waals surface area contributed by atoms with E-state index in [4.69, 9.17) is 9.47 Å². The van der Waals surface area contributed by atoms with Gasteiger partial charge in [0.1, 0.15) is 18.2 Å². The maximum Gasteiger partial charge on any atom is 0.234 e. The molecule has 35 heavy (non-hydrogen) atoms. The first-order chi connectivity index (χ1) is 17.2. The summed E-state index contributed by atoms with van der Waals surface area (Å²) in [5, 5.41) is 12.2. The molecule has 9 nitrogen and oxygen atoms in total. The van der Waals surface area contributed by atoms with Crippen LogP contribution in [0.15, 0.2) is 35.4 Å². The van der Waals surface area contributed by atoms with Crippen LogP contribution in [-0.2, 0) is 9.59 Å². The van der Waals surface area contributed by atoms with Gasteiger partial charge in [0.05, 0.1) is 5.75 Å². The van der Waals surface area contributed by atoms with Crippen molar-refractivity contribution in [3.63, 3.8) is 0 Å². The average molecular weight is 498 g/mol. The van der Waals surface area contributed by atoms with Crippen LogP contribution in [0, 0.1) is 5.92 Å². The summed E-state index contributed by atoms with van der Waals surface area (Å²) >= 11 is 1.34. The van der Waals surface area contributed by atoms with E-state index in [0.29, 0.717) is 41.3 Å². The first kappa shape index (κ1) is 23.7. The molecule has 2 amide bonds. The van der Waals surface area contributed by atoms with Gasteiger partial charge in [0.25, 0.3) is 0 Å². The van der Waals surface area contributed by atoms with Gasteiger partial charge in [-0.3, -0.25) is 9.59 Å². The fourth-order valence-corrected chi connectivity index (χ4v) is 5.36. The Morgan fingerprint density at radius 2 is 1.71 bits per heavy atom. The SMILES string of the molecule is O=C(CSc1ccc(N2CCC(C(=O)N3CCCCC3)CC2)nn1)Nc1ccc2c(c1)OCCO2. The second-order valence-corrected chi connectivity index (χ2v) is 10.1. The molecule has 3 aliphatic rings. The van der Waals surface area contributed by atoms with E-state index in [1.807, 2.05) is 12.1 Å². The summed E-state index contributed by atoms with van der Waals surface area (Å²) in [6.07, 6.45) is 5.20. The number of hydrogen-bond acceptors (Lipinski definition) is 8. The number of likely N-dealkylation sites (tertiary alicyclic amines) is 1. The number of nitrogens with one attached hydrogen (secondary N) is 1. The summed E-state index contributed by atoms with van der Waals surface area (Å²) in [5.74, 6) is 2.71.